The van der Waals surface area contributed by atoms with Gasteiger partial charge in [0.25, 0.3) is 0 Å². The fourth-order valence-electron chi connectivity index (χ4n) is 2.39. The number of carboxylic acids is 1. The summed E-state index contributed by atoms with van der Waals surface area (Å²) in [6.07, 6.45) is 0. The average molecular weight is 348 g/mol. The van der Waals surface area contributed by atoms with E-state index in [1.54, 1.807) is 36.4 Å². The molecule has 1 aromatic heterocycles. The lowest BCUT2D eigenvalue weighted by Crippen LogP contribution is -2.01. The molecule has 23 heavy (non-hydrogen) atoms. The first-order valence-electron chi connectivity index (χ1n) is 6.67. The maximum atomic E-state index is 11.6. The number of ether oxygens (including phenoxy) is 1. The molecule has 1 N–H and O–H groups in total. The van der Waals surface area contributed by atoms with Crippen LogP contribution in [-0.4, -0.2) is 23.2 Å². The number of pyridine rings is 1. The minimum absolute atomic E-state index is 0.120. The van der Waals surface area contributed by atoms with Gasteiger partial charge >= 0.3 is 5.97 Å². The molecule has 0 bridgehead atoms. The second-order valence-corrected chi connectivity index (χ2v) is 5.74. The van der Waals surface area contributed by atoms with E-state index in [0.717, 1.165) is 0 Å². The number of methoxy groups -OCH3 is 1. The minimum atomic E-state index is -1.05. The van der Waals surface area contributed by atoms with Crippen LogP contribution < -0.4 is 4.74 Å². The first kappa shape index (κ1) is 15.6. The summed E-state index contributed by atoms with van der Waals surface area (Å²) in [5.74, 6) is -0.492. The lowest BCUT2D eigenvalue weighted by molar-refractivity contribution is 0.0699. The third kappa shape index (κ3) is 2.96. The Balaban J connectivity index is 2.33. The van der Waals surface area contributed by atoms with Gasteiger partial charge in [-0.25, -0.2) is 9.78 Å². The van der Waals surface area contributed by atoms with Crippen LogP contribution in [0.5, 0.6) is 5.75 Å². The third-order valence-electron chi connectivity index (χ3n) is 3.44. The Labute approximate surface area is 142 Å². The second kappa shape index (κ2) is 6.07. The highest BCUT2D eigenvalue weighted by atomic mass is 35.5. The Kier molecular flexibility index (Phi) is 4.11. The monoisotopic (exact) mass is 347 g/mol. The zero-order valence-corrected chi connectivity index (χ0v) is 13.5. The molecule has 1 heterocycles. The van der Waals surface area contributed by atoms with Gasteiger partial charge in [-0.2, -0.15) is 0 Å². The minimum Gasteiger partial charge on any atom is -0.496 e. The van der Waals surface area contributed by atoms with Crippen LogP contribution in [0.4, 0.5) is 0 Å². The van der Waals surface area contributed by atoms with Crippen molar-refractivity contribution in [2.45, 2.75) is 0 Å². The number of rotatable bonds is 3. The Bertz CT molecular complexity index is 925. The van der Waals surface area contributed by atoms with Crippen LogP contribution in [0.3, 0.4) is 0 Å². The number of aromatic nitrogens is 1. The van der Waals surface area contributed by atoms with Crippen LogP contribution in [0, 0.1) is 0 Å². The first-order chi connectivity index (χ1) is 11.0. The van der Waals surface area contributed by atoms with Gasteiger partial charge in [0.15, 0.2) is 0 Å². The van der Waals surface area contributed by atoms with Crippen molar-refractivity contribution < 1.29 is 14.6 Å². The lowest BCUT2D eigenvalue weighted by atomic mass is 10.0. The van der Waals surface area contributed by atoms with Gasteiger partial charge in [0, 0.05) is 21.0 Å². The number of aromatic carboxylic acids is 1. The van der Waals surface area contributed by atoms with Gasteiger partial charge in [0.1, 0.15) is 5.75 Å². The average Bonchev–Trinajstić information content (AvgIpc) is 2.53. The number of fused-ring (bicyclic) bond motifs is 1. The molecule has 0 fully saturated rings. The number of nitrogens with zero attached hydrogens (tertiary/aromatic N) is 1. The van der Waals surface area contributed by atoms with E-state index < -0.39 is 5.97 Å². The molecule has 0 atom stereocenters. The van der Waals surface area contributed by atoms with Gasteiger partial charge in [-0.1, -0.05) is 23.2 Å². The van der Waals surface area contributed by atoms with Gasteiger partial charge in [0.2, 0.25) is 0 Å². The van der Waals surface area contributed by atoms with Crippen molar-refractivity contribution in [3.8, 4) is 17.0 Å². The van der Waals surface area contributed by atoms with E-state index in [9.17, 15) is 9.90 Å². The smallest absolute Gasteiger partial charge is 0.336 e. The summed E-state index contributed by atoms with van der Waals surface area (Å²) < 4.78 is 5.32. The van der Waals surface area contributed by atoms with Gasteiger partial charge in [0.05, 0.1) is 23.9 Å². The van der Waals surface area contributed by atoms with Crippen molar-refractivity contribution in [1.29, 1.82) is 0 Å². The molecule has 0 saturated heterocycles. The van der Waals surface area contributed by atoms with Crippen molar-refractivity contribution in [1.82, 2.24) is 4.98 Å². The van der Waals surface area contributed by atoms with E-state index >= 15 is 0 Å². The number of benzene rings is 2. The fourth-order valence-corrected chi connectivity index (χ4v) is 2.74. The standard InChI is InChI=1S/C17H11Cl2NO3/c1-23-16-5-3-10(19)7-13(16)15-8-12(17(21)22)11-6-9(18)2-4-14(11)20-15/h2-8H,1H3,(H,21,22). The van der Waals surface area contributed by atoms with Crippen molar-refractivity contribution in [2.24, 2.45) is 0 Å². The van der Waals surface area contributed by atoms with E-state index in [-0.39, 0.29) is 5.56 Å². The van der Waals surface area contributed by atoms with Gasteiger partial charge in [-0.05, 0) is 42.5 Å². The van der Waals surface area contributed by atoms with E-state index in [0.29, 0.717) is 38.0 Å². The molecule has 3 rings (SSSR count). The zero-order valence-electron chi connectivity index (χ0n) is 12.0. The number of carboxylic acid groups (broad SMARTS) is 1. The Morgan fingerprint density at radius 3 is 2.48 bits per heavy atom. The largest absolute Gasteiger partial charge is 0.496 e. The first-order valence-corrected chi connectivity index (χ1v) is 7.42. The van der Waals surface area contributed by atoms with Crippen LogP contribution in [0.1, 0.15) is 10.4 Å². The van der Waals surface area contributed by atoms with Crippen LogP contribution in [0.25, 0.3) is 22.2 Å². The highest BCUT2D eigenvalue weighted by Gasteiger charge is 2.16. The van der Waals surface area contributed by atoms with Crippen molar-refractivity contribution in [3.05, 3.63) is 58.1 Å². The van der Waals surface area contributed by atoms with Crippen LogP contribution in [-0.2, 0) is 0 Å². The predicted molar refractivity (Wildman–Crippen MR) is 90.7 cm³/mol. The molecular weight excluding hydrogens is 337 g/mol. The molecule has 0 saturated carbocycles. The molecule has 116 valence electrons. The summed E-state index contributed by atoms with van der Waals surface area (Å²) in [6, 6.07) is 11.5. The van der Waals surface area contributed by atoms with Crippen LogP contribution in [0.15, 0.2) is 42.5 Å². The number of carbonyl (C=O) groups is 1. The third-order valence-corrected chi connectivity index (χ3v) is 3.91. The molecule has 3 aromatic rings. The van der Waals surface area contributed by atoms with E-state index in [4.69, 9.17) is 27.9 Å². The highest BCUT2D eigenvalue weighted by Crippen LogP contribution is 2.34. The summed E-state index contributed by atoms with van der Waals surface area (Å²) in [5, 5.41) is 10.9. The van der Waals surface area contributed by atoms with Gasteiger partial charge in [-0.3, -0.25) is 0 Å². The Hall–Kier alpha value is -2.30. The molecule has 0 radical (unpaired) electrons. The summed E-state index contributed by atoms with van der Waals surface area (Å²) in [6.45, 7) is 0. The second-order valence-electron chi connectivity index (χ2n) is 4.87. The van der Waals surface area contributed by atoms with Crippen LogP contribution >= 0.6 is 23.2 Å². The molecule has 0 amide bonds. The van der Waals surface area contributed by atoms with Crippen LogP contribution in [0.2, 0.25) is 10.0 Å². The molecule has 6 heteroatoms. The summed E-state index contributed by atoms with van der Waals surface area (Å²) >= 11 is 12.0. The fraction of sp³-hybridized carbons (Fsp3) is 0.0588. The molecule has 0 aliphatic carbocycles. The van der Waals surface area contributed by atoms with Crippen molar-refractivity contribution in [3.63, 3.8) is 0 Å². The normalized spacial score (nSPS) is 10.7. The van der Waals surface area contributed by atoms with Crippen molar-refractivity contribution >= 4 is 40.1 Å². The van der Waals surface area contributed by atoms with Gasteiger partial charge in [-0.15, -0.1) is 0 Å². The Morgan fingerprint density at radius 2 is 1.78 bits per heavy atom. The zero-order chi connectivity index (χ0) is 16.6. The lowest BCUT2D eigenvalue weighted by Gasteiger charge is -2.11. The number of hydrogen-bond acceptors (Lipinski definition) is 3. The topological polar surface area (TPSA) is 59.4 Å². The molecule has 0 aliphatic rings. The summed E-state index contributed by atoms with van der Waals surface area (Å²) in [5.41, 5.74) is 1.75. The van der Waals surface area contributed by atoms with Gasteiger partial charge < -0.3 is 9.84 Å². The molecule has 0 spiro atoms. The molecule has 0 unspecified atom stereocenters. The molecule has 2 aromatic carbocycles. The molecular formula is C17H11Cl2NO3. The summed E-state index contributed by atoms with van der Waals surface area (Å²) in [4.78, 5) is 16.1. The Morgan fingerprint density at radius 1 is 1.09 bits per heavy atom. The number of hydrogen-bond donors (Lipinski definition) is 1. The van der Waals surface area contributed by atoms with E-state index in [1.807, 2.05) is 0 Å². The molecule has 0 aliphatic heterocycles. The summed E-state index contributed by atoms with van der Waals surface area (Å²) in [7, 11) is 1.53. The maximum absolute atomic E-state index is 11.6. The SMILES string of the molecule is COc1ccc(Cl)cc1-c1cc(C(=O)O)c2cc(Cl)ccc2n1. The molecule has 4 nitrogen and oxygen atoms in total. The van der Waals surface area contributed by atoms with E-state index in [1.165, 1.54) is 13.2 Å². The predicted octanol–water partition coefficient (Wildman–Crippen LogP) is 4.92. The highest BCUT2D eigenvalue weighted by molar-refractivity contribution is 6.31. The quantitative estimate of drug-likeness (QED) is 0.730. The number of halogens is 2. The van der Waals surface area contributed by atoms with E-state index in [2.05, 4.69) is 4.98 Å². The maximum Gasteiger partial charge on any atom is 0.336 e. The van der Waals surface area contributed by atoms with Crippen molar-refractivity contribution in [2.75, 3.05) is 7.11 Å².